The monoisotopic (exact) mass is 359 g/mol. The Kier molecular flexibility index (Phi) is 5.83. The van der Waals surface area contributed by atoms with E-state index in [9.17, 15) is 4.79 Å². The maximum atomic E-state index is 12.3. The van der Waals surface area contributed by atoms with Crippen molar-refractivity contribution in [1.82, 2.24) is 15.2 Å². The minimum absolute atomic E-state index is 0.0524. The van der Waals surface area contributed by atoms with Crippen molar-refractivity contribution in [3.63, 3.8) is 0 Å². The number of carbonyl (C=O) groups excluding carboxylic acids is 1. The van der Waals surface area contributed by atoms with Gasteiger partial charge in [-0.25, -0.2) is 4.98 Å². The number of rotatable bonds is 5. The molecule has 0 aliphatic carbocycles. The van der Waals surface area contributed by atoms with Gasteiger partial charge < -0.3 is 10.1 Å². The summed E-state index contributed by atoms with van der Waals surface area (Å²) in [5, 5.41) is 3.03. The summed E-state index contributed by atoms with van der Waals surface area (Å²) in [4.78, 5) is 19.6. The van der Waals surface area contributed by atoms with Crippen molar-refractivity contribution in [3.05, 3.63) is 51.5 Å². The van der Waals surface area contributed by atoms with Crippen LogP contribution in [-0.4, -0.2) is 41.1 Å². The minimum Gasteiger partial charge on any atom is -0.373 e. The molecule has 1 saturated heterocycles. The van der Waals surface area contributed by atoms with E-state index >= 15 is 0 Å². The molecule has 1 fully saturated rings. The highest BCUT2D eigenvalue weighted by Crippen LogP contribution is 2.17. The molecule has 1 N–H and O–H groups in total. The van der Waals surface area contributed by atoms with Gasteiger partial charge >= 0.3 is 0 Å². The first-order valence-electron chi connectivity index (χ1n) is 8.66. The van der Waals surface area contributed by atoms with E-state index in [2.05, 4.69) is 47.2 Å². The summed E-state index contributed by atoms with van der Waals surface area (Å²) in [6.07, 6.45) is 0.509. The number of morpholine rings is 1. The van der Waals surface area contributed by atoms with Crippen LogP contribution in [-0.2, 0) is 17.8 Å². The highest BCUT2D eigenvalue weighted by Gasteiger charge is 2.22. The number of nitrogens with one attached hydrogen (secondary N) is 1. The molecule has 0 bridgehead atoms. The Morgan fingerprint density at radius 3 is 2.60 bits per heavy atom. The third kappa shape index (κ3) is 4.66. The molecule has 0 spiro atoms. The predicted molar refractivity (Wildman–Crippen MR) is 99.7 cm³/mol. The largest absolute Gasteiger partial charge is 0.373 e. The molecule has 2 heterocycles. The number of benzene rings is 1. The maximum absolute atomic E-state index is 12.3. The van der Waals surface area contributed by atoms with E-state index in [1.807, 2.05) is 13.0 Å². The Balaban J connectivity index is 1.65. The molecule has 1 amide bonds. The summed E-state index contributed by atoms with van der Waals surface area (Å²) < 4.78 is 5.81. The lowest BCUT2D eigenvalue weighted by Crippen LogP contribution is -2.45. The van der Waals surface area contributed by atoms with Crippen LogP contribution in [0.2, 0.25) is 0 Å². The van der Waals surface area contributed by atoms with E-state index in [-0.39, 0.29) is 18.1 Å². The molecule has 25 heavy (non-hydrogen) atoms. The zero-order valence-corrected chi connectivity index (χ0v) is 15.8. The number of thiazole rings is 1. The second kappa shape index (κ2) is 8.08. The Bertz CT molecular complexity index is 721. The van der Waals surface area contributed by atoms with Gasteiger partial charge in [0.05, 0.1) is 23.4 Å². The van der Waals surface area contributed by atoms with E-state index in [0.717, 1.165) is 30.9 Å². The van der Waals surface area contributed by atoms with Gasteiger partial charge in [0.25, 0.3) is 5.91 Å². The SMILES string of the molecule is Cc1ncsc1C(=O)NCc1ccccc1CN1C[C@@H](C)O[C@H](C)C1. The lowest BCUT2D eigenvalue weighted by molar-refractivity contribution is -0.0705. The molecule has 1 aromatic heterocycles. The first-order valence-corrected chi connectivity index (χ1v) is 9.53. The number of aromatic nitrogens is 1. The van der Waals surface area contributed by atoms with Crippen LogP contribution < -0.4 is 5.32 Å². The van der Waals surface area contributed by atoms with E-state index < -0.39 is 0 Å². The van der Waals surface area contributed by atoms with Gasteiger partial charge in [-0.05, 0) is 31.9 Å². The molecule has 0 radical (unpaired) electrons. The normalized spacial score (nSPS) is 21.2. The van der Waals surface area contributed by atoms with Crippen molar-refractivity contribution in [3.8, 4) is 0 Å². The third-order valence-corrected chi connectivity index (χ3v) is 5.33. The van der Waals surface area contributed by atoms with Crippen LogP contribution in [0.5, 0.6) is 0 Å². The average molecular weight is 359 g/mol. The Morgan fingerprint density at radius 2 is 1.96 bits per heavy atom. The standard InChI is InChI=1S/C19H25N3O2S/c1-13-9-22(10-14(2)24-13)11-17-7-5-4-6-16(17)8-20-19(23)18-15(3)21-12-25-18/h4-7,12-14H,8-11H2,1-3H3,(H,20,23)/t13-,14-/m1/s1. The highest BCUT2D eigenvalue weighted by molar-refractivity contribution is 7.11. The molecule has 1 aliphatic rings. The first-order chi connectivity index (χ1) is 12.0. The van der Waals surface area contributed by atoms with Crippen LogP contribution in [0.4, 0.5) is 0 Å². The minimum atomic E-state index is -0.0524. The number of carbonyl (C=O) groups is 1. The molecule has 2 atom stereocenters. The number of hydrogen-bond donors (Lipinski definition) is 1. The fourth-order valence-corrected chi connectivity index (χ4v) is 4.03. The molecule has 1 aromatic carbocycles. The van der Waals surface area contributed by atoms with Gasteiger partial charge in [0.15, 0.2) is 0 Å². The van der Waals surface area contributed by atoms with Crippen LogP contribution in [0.1, 0.15) is 40.3 Å². The molecule has 0 saturated carbocycles. The van der Waals surface area contributed by atoms with E-state index in [4.69, 9.17) is 4.74 Å². The van der Waals surface area contributed by atoms with Crippen molar-refractivity contribution in [1.29, 1.82) is 0 Å². The van der Waals surface area contributed by atoms with Crippen LogP contribution in [0.15, 0.2) is 29.8 Å². The zero-order chi connectivity index (χ0) is 17.8. The van der Waals surface area contributed by atoms with E-state index in [0.29, 0.717) is 11.4 Å². The predicted octanol–water partition coefficient (Wildman–Crippen LogP) is 2.99. The van der Waals surface area contributed by atoms with E-state index in [1.54, 1.807) is 5.51 Å². The molecule has 1 aliphatic heterocycles. The molecular formula is C19H25N3O2S. The molecule has 6 heteroatoms. The average Bonchev–Trinajstić information content (AvgIpc) is 2.99. The molecule has 2 aromatic rings. The number of ether oxygens (including phenoxy) is 1. The zero-order valence-electron chi connectivity index (χ0n) is 15.0. The lowest BCUT2D eigenvalue weighted by atomic mass is 10.1. The first kappa shape index (κ1) is 18.0. The molecule has 5 nitrogen and oxygen atoms in total. The lowest BCUT2D eigenvalue weighted by Gasteiger charge is -2.35. The molecule has 0 unspecified atom stereocenters. The number of aryl methyl sites for hydroxylation is 1. The van der Waals surface area contributed by atoms with Crippen molar-refractivity contribution in [2.75, 3.05) is 13.1 Å². The molecule has 3 rings (SSSR count). The van der Waals surface area contributed by atoms with Crippen LogP contribution >= 0.6 is 11.3 Å². The number of nitrogens with zero attached hydrogens (tertiary/aromatic N) is 2. The van der Waals surface area contributed by atoms with Gasteiger partial charge in [-0.2, -0.15) is 0 Å². The Labute approximate surface area is 153 Å². The van der Waals surface area contributed by atoms with E-state index in [1.165, 1.54) is 16.9 Å². The third-order valence-electron chi connectivity index (χ3n) is 4.40. The quantitative estimate of drug-likeness (QED) is 0.892. The van der Waals surface area contributed by atoms with Crippen LogP contribution in [0.3, 0.4) is 0 Å². The highest BCUT2D eigenvalue weighted by atomic mass is 32.1. The Morgan fingerprint density at radius 1 is 1.28 bits per heavy atom. The van der Waals surface area contributed by atoms with Gasteiger partial charge in [-0.3, -0.25) is 9.69 Å². The summed E-state index contributed by atoms with van der Waals surface area (Å²) in [6.45, 7) is 9.38. The fourth-order valence-electron chi connectivity index (χ4n) is 3.31. The van der Waals surface area contributed by atoms with Gasteiger partial charge in [0.1, 0.15) is 4.88 Å². The summed E-state index contributed by atoms with van der Waals surface area (Å²) in [7, 11) is 0. The topological polar surface area (TPSA) is 54.5 Å². The fraction of sp³-hybridized carbons (Fsp3) is 0.474. The van der Waals surface area contributed by atoms with Crippen molar-refractivity contribution in [2.45, 2.75) is 46.1 Å². The van der Waals surface area contributed by atoms with Crippen LogP contribution in [0.25, 0.3) is 0 Å². The maximum Gasteiger partial charge on any atom is 0.263 e. The van der Waals surface area contributed by atoms with Gasteiger partial charge in [-0.1, -0.05) is 24.3 Å². The summed E-state index contributed by atoms with van der Waals surface area (Å²) in [6, 6.07) is 8.31. The summed E-state index contributed by atoms with van der Waals surface area (Å²) in [5.41, 5.74) is 4.90. The van der Waals surface area contributed by atoms with Crippen molar-refractivity contribution < 1.29 is 9.53 Å². The second-order valence-corrected chi connectivity index (χ2v) is 7.52. The van der Waals surface area contributed by atoms with Gasteiger partial charge in [0, 0.05) is 26.2 Å². The second-order valence-electron chi connectivity index (χ2n) is 6.67. The van der Waals surface area contributed by atoms with Gasteiger partial charge in [0.2, 0.25) is 0 Å². The summed E-state index contributed by atoms with van der Waals surface area (Å²) >= 11 is 1.38. The molecular weight excluding hydrogens is 334 g/mol. The Hall–Kier alpha value is -1.76. The van der Waals surface area contributed by atoms with Crippen molar-refractivity contribution >= 4 is 17.2 Å². The number of hydrogen-bond acceptors (Lipinski definition) is 5. The van der Waals surface area contributed by atoms with Crippen molar-refractivity contribution in [2.24, 2.45) is 0 Å². The van der Waals surface area contributed by atoms with Crippen LogP contribution in [0, 0.1) is 6.92 Å². The molecule has 134 valence electrons. The summed E-state index contributed by atoms with van der Waals surface area (Å²) in [5.74, 6) is -0.0524. The van der Waals surface area contributed by atoms with Gasteiger partial charge in [-0.15, -0.1) is 11.3 Å². The smallest absolute Gasteiger partial charge is 0.263 e. The number of amides is 1.